The molecule has 1 fully saturated rings. The predicted molar refractivity (Wildman–Crippen MR) is 89.1 cm³/mol. The molecular formula is C16H25ClN2O3. The van der Waals surface area contributed by atoms with Gasteiger partial charge in [0, 0.05) is 6.04 Å². The zero-order valence-corrected chi connectivity index (χ0v) is 13.9. The van der Waals surface area contributed by atoms with E-state index < -0.39 is 0 Å². The van der Waals surface area contributed by atoms with Gasteiger partial charge >= 0.3 is 0 Å². The van der Waals surface area contributed by atoms with E-state index in [2.05, 4.69) is 5.32 Å². The lowest BCUT2D eigenvalue weighted by molar-refractivity contribution is 0.0904. The first kappa shape index (κ1) is 18.6. The van der Waals surface area contributed by atoms with Gasteiger partial charge in [0.1, 0.15) is 0 Å². The van der Waals surface area contributed by atoms with Crippen LogP contribution in [-0.2, 0) is 0 Å². The van der Waals surface area contributed by atoms with Gasteiger partial charge in [-0.05, 0) is 37.4 Å². The van der Waals surface area contributed by atoms with Crippen molar-refractivity contribution in [3.05, 3.63) is 23.8 Å². The number of carbonyl (C=O) groups excluding carboxylic acids is 1. The van der Waals surface area contributed by atoms with Crippen LogP contribution in [0.25, 0.3) is 0 Å². The standard InChI is InChI=1S/C16H24N2O3.ClH/c1-20-14-9-5-7-12(15(14)21-2)16(19)18-13-8-4-3-6-11(13)10-17;/h5,7,9,11,13H,3-4,6,8,10,17H2,1-2H3,(H,18,19);1H. The minimum absolute atomic E-state index is 0. The fourth-order valence-electron chi connectivity index (χ4n) is 2.99. The van der Waals surface area contributed by atoms with E-state index in [4.69, 9.17) is 15.2 Å². The summed E-state index contributed by atoms with van der Waals surface area (Å²) in [6.45, 7) is 0.611. The lowest BCUT2D eigenvalue weighted by Gasteiger charge is -2.31. The van der Waals surface area contributed by atoms with Crippen LogP contribution in [0.15, 0.2) is 18.2 Å². The van der Waals surface area contributed by atoms with E-state index in [9.17, 15) is 4.79 Å². The Kier molecular flexibility index (Phi) is 7.48. The highest BCUT2D eigenvalue weighted by molar-refractivity contribution is 5.98. The Hall–Kier alpha value is -1.46. The first-order valence-electron chi connectivity index (χ1n) is 7.43. The molecule has 0 aromatic heterocycles. The van der Waals surface area contributed by atoms with Crippen molar-refractivity contribution in [1.29, 1.82) is 0 Å². The molecule has 1 aromatic rings. The molecule has 3 N–H and O–H groups in total. The van der Waals surface area contributed by atoms with Crippen LogP contribution in [-0.4, -0.2) is 32.7 Å². The Bertz CT molecular complexity index is 496. The molecule has 1 aliphatic carbocycles. The molecule has 0 bridgehead atoms. The van der Waals surface area contributed by atoms with Gasteiger partial charge in [0.25, 0.3) is 5.91 Å². The predicted octanol–water partition coefficient (Wildman–Crippen LogP) is 2.37. The largest absolute Gasteiger partial charge is 0.493 e. The molecule has 0 heterocycles. The number of benzene rings is 1. The summed E-state index contributed by atoms with van der Waals surface area (Å²) in [5.74, 6) is 1.26. The topological polar surface area (TPSA) is 73.6 Å². The number of hydrogen-bond donors (Lipinski definition) is 2. The Morgan fingerprint density at radius 1 is 1.27 bits per heavy atom. The maximum Gasteiger partial charge on any atom is 0.255 e. The molecule has 2 unspecified atom stereocenters. The first-order chi connectivity index (χ1) is 10.2. The highest BCUT2D eigenvalue weighted by Gasteiger charge is 2.27. The summed E-state index contributed by atoms with van der Waals surface area (Å²) in [7, 11) is 3.10. The summed E-state index contributed by atoms with van der Waals surface area (Å²) in [5.41, 5.74) is 6.31. The van der Waals surface area contributed by atoms with Crippen LogP contribution in [0.1, 0.15) is 36.0 Å². The monoisotopic (exact) mass is 328 g/mol. The normalized spacial score (nSPS) is 20.7. The van der Waals surface area contributed by atoms with Crippen LogP contribution in [0.2, 0.25) is 0 Å². The third-order valence-corrected chi connectivity index (χ3v) is 4.18. The molecule has 1 aliphatic rings. The Balaban J connectivity index is 0.00000242. The fourth-order valence-corrected chi connectivity index (χ4v) is 2.99. The molecular weight excluding hydrogens is 304 g/mol. The minimum atomic E-state index is -0.129. The average molecular weight is 329 g/mol. The number of halogens is 1. The van der Waals surface area contributed by atoms with E-state index in [-0.39, 0.29) is 24.4 Å². The minimum Gasteiger partial charge on any atom is -0.493 e. The van der Waals surface area contributed by atoms with Gasteiger partial charge in [-0.2, -0.15) is 0 Å². The van der Waals surface area contributed by atoms with Crippen molar-refractivity contribution in [1.82, 2.24) is 5.32 Å². The van der Waals surface area contributed by atoms with Crippen molar-refractivity contribution in [3.8, 4) is 11.5 Å². The molecule has 2 atom stereocenters. The van der Waals surface area contributed by atoms with E-state index in [1.54, 1.807) is 25.3 Å². The van der Waals surface area contributed by atoms with E-state index in [1.165, 1.54) is 13.5 Å². The van der Waals surface area contributed by atoms with E-state index in [1.807, 2.05) is 0 Å². The van der Waals surface area contributed by atoms with Gasteiger partial charge in [-0.25, -0.2) is 0 Å². The zero-order valence-electron chi connectivity index (χ0n) is 13.1. The highest BCUT2D eigenvalue weighted by atomic mass is 35.5. The number of rotatable bonds is 5. The van der Waals surface area contributed by atoms with Gasteiger partial charge in [-0.3, -0.25) is 4.79 Å². The number of nitrogens with two attached hydrogens (primary N) is 1. The molecule has 22 heavy (non-hydrogen) atoms. The molecule has 2 rings (SSSR count). The summed E-state index contributed by atoms with van der Waals surface area (Å²) < 4.78 is 10.6. The van der Waals surface area contributed by atoms with Gasteiger partial charge in [-0.1, -0.05) is 18.9 Å². The number of nitrogens with one attached hydrogen (secondary N) is 1. The van der Waals surface area contributed by atoms with Crippen LogP contribution in [0.4, 0.5) is 0 Å². The van der Waals surface area contributed by atoms with Crippen molar-refractivity contribution in [3.63, 3.8) is 0 Å². The number of methoxy groups -OCH3 is 2. The van der Waals surface area contributed by atoms with Crippen molar-refractivity contribution in [2.45, 2.75) is 31.7 Å². The maximum atomic E-state index is 12.5. The smallest absolute Gasteiger partial charge is 0.255 e. The summed E-state index contributed by atoms with van der Waals surface area (Å²) in [6, 6.07) is 5.46. The quantitative estimate of drug-likeness (QED) is 0.870. The molecule has 6 heteroatoms. The molecule has 5 nitrogen and oxygen atoms in total. The molecule has 0 radical (unpaired) electrons. The second kappa shape index (κ2) is 8.86. The van der Waals surface area contributed by atoms with E-state index >= 15 is 0 Å². The average Bonchev–Trinajstić information content (AvgIpc) is 2.54. The summed E-state index contributed by atoms with van der Waals surface area (Å²) >= 11 is 0. The van der Waals surface area contributed by atoms with Gasteiger partial charge in [0.15, 0.2) is 11.5 Å². The van der Waals surface area contributed by atoms with Gasteiger partial charge < -0.3 is 20.5 Å². The summed E-state index contributed by atoms with van der Waals surface area (Å²) in [5, 5.41) is 3.11. The van der Waals surface area contributed by atoms with Crippen LogP contribution in [0.5, 0.6) is 11.5 Å². The number of amides is 1. The number of para-hydroxylation sites is 1. The van der Waals surface area contributed by atoms with Gasteiger partial charge in [0.2, 0.25) is 0 Å². The number of hydrogen-bond acceptors (Lipinski definition) is 4. The third kappa shape index (κ3) is 4.05. The van der Waals surface area contributed by atoms with Gasteiger partial charge in [0.05, 0.1) is 19.8 Å². The third-order valence-electron chi connectivity index (χ3n) is 4.18. The molecule has 1 aromatic carbocycles. The van der Waals surface area contributed by atoms with Crippen LogP contribution in [0.3, 0.4) is 0 Å². The van der Waals surface area contributed by atoms with Gasteiger partial charge in [-0.15, -0.1) is 12.4 Å². The van der Waals surface area contributed by atoms with Crippen LogP contribution >= 0.6 is 12.4 Å². The van der Waals surface area contributed by atoms with Crippen molar-refractivity contribution in [2.24, 2.45) is 11.7 Å². The Morgan fingerprint density at radius 2 is 2.00 bits per heavy atom. The Labute approximate surface area is 138 Å². The second-order valence-electron chi connectivity index (χ2n) is 5.40. The lowest BCUT2D eigenvalue weighted by atomic mass is 9.84. The van der Waals surface area contributed by atoms with Crippen molar-refractivity contribution >= 4 is 18.3 Å². The Morgan fingerprint density at radius 3 is 2.64 bits per heavy atom. The molecule has 1 amide bonds. The molecule has 0 aliphatic heterocycles. The number of carbonyl (C=O) groups is 1. The molecule has 0 saturated heterocycles. The molecule has 1 saturated carbocycles. The second-order valence-corrected chi connectivity index (χ2v) is 5.40. The van der Waals surface area contributed by atoms with Crippen molar-refractivity contribution < 1.29 is 14.3 Å². The molecule has 0 spiro atoms. The van der Waals surface area contributed by atoms with E-state index in [0.29, 0.717) is 29.5 Å². The lowest BCUT2D eigenvalue weighted by Crippen LogP contribution is -2.44. The first-order valence-corrected chi connectivity index (χ1v) is 7.43. The number of ether oxygens (including phenoxy) is 2. The van der Waals surface area contributed by atoms with Crippen molar-refractivity contribution in [2.75, 3.05) is 20.8 Å². The van der Waals surface area contributed by atoms with E-state index in [0.717, 1.165) is 19.3 Å². The fraction of sp³-hybridized carbons (Fsp3) is 0.562. The highest BCUT2D eigenvalue weighted by Crippen LogP contribution is 2.31. The zero-order chi connectivity index (χ0) is 15.2. The SMILES string of the molecule is COc1cccc(C(=O)NC2CCCCC2CN)c1OC.Cl. The maximum absolute atomic E-state index is 12.5. The summed E-state index contributed by atoms with van der Waals surface area (Å²) in [4.78, 5) is 12.5. The summed E-state index contributed by atoms with van der Waals surface area (Å²) in [6.07, 6.45) is 4.39. The van der Waals surface area contributed by atoms with Crippen LogP contribution < -0.4 is 20.5 Å². The van der Waals surface area contributed by atoms with Crippen LogP contribution in [0, 0.1) is 5.92 Å². The molecule has 124 valence electrons.